The van der Waals surface area contributed by atoms with Gasteiger partial charge in [-0.15, -0.1) is 0 Å². The Kier molecular flexibility index (Phi) is 3.96. The van der Waals surface area contributed by atoms with Crippen LogP contribution in [0.3, 0.4) is 0 Å². The first-order valence-electron chi connectivity index (χ1n) is 5.21. The fourth-order valence-corrected chi connectivity index (χ4v) is 1.76. The van der Waals surface area contributed by atoms with Gasteiger partial charge in [-0.05, 0) is 34.1 Å². The zero-order valence-corrected chi connectivity index (χ0v) is 11.1. The van der Waals surface area contributed by atoms with Gasteiger partial charge in [0.15, 0.2) is 12.0 Å². The van der Waals surface area contributed by atoms with E-state index in [0.717, 1.165) is 0 Å². The first kappa shape index (κ1) is 13.3. The third kappa shape index (κ3) is 3.19. The minimum absolute atomic E-state index is 0.0637. The summed E-state index contributed by atoms with van der Waals surface area (Å²) in [7, 11) is 0. The van der Waals surface area contributed by atoms with Crippen molar-refractivity contribution in [2.45, 2.75) is 6.61 Å². The van der Waals surface area contributed by atoms with Gasteiger partial charge in [-0.25, -0.2) is 0 Å². The molecule has 98 valence electrons. The first-order chi connectivity index (χ1) is 9.10. The van der Waals surface area contributed by atoms with Gasteiger partial charge in [0.2, 0.25) is 0 Å². The van der Waals surface area contributed by atoms with Crippen LogP contribution in [0, 0.1) is 10.1 Å². The van der Waals surface area contributed by atoms with Crippen molar-refractivity contribution in [3.63, 3.8) is 0 Å². The third-order valence-corrected chi connectivity index (χ3v) is 2.95. The summed E-state index contributed by atoms with van der Waals surface area (Å²) in [6, 6.07) is 7.34. The molecule has 0 aliphatic rings. The van der Waals surface area contributed by atoms with Crippen LogP contribution in [0.25, 0.3) is 0 Å². The number of carbonyl (C=O) groups excluding carboxylic acids is 1. The molecule has 0 radical (unpaired) electrons. The number of rotatable bonds is 5. The zero-order valence-electron chi connectivity index (χ0n) is 9.54. The van der Waals surface area contributed by atoms with Gasteiger partial charge >= 0.3 is 0 Å². The van der Waals surface area contributed by atoms with Crippen LogP contribution in [0.1, 0.15) is 16.3 Å². The molecule has 1 heterocycles. The van der Waals surface area contributed by atoms with Crippen LogP contribution < -0.4 is 4.74 Å². The zero-order chi connectivity index (χ0) is 13.8. The maximum atomic E-state index is 10.7. The van der Waals surface area contributed by atoms with E-state index in [1.54, 1.807) is 6.07 Å². The van der Waals surface area contributed by atoms with E-state index in [4.69, 9.17) is 9.15 Å². The van der Waals surface area contributed by atoms with Gasteiger partial charge in [0, 0.05) is 6.07 Å². The van der Waals surface area contributed by atoms with E-state index in [1.165, 1.54) is 24.3 Å². The number of carbonyl (C=O) groups is 1. The number of ether oxygens (including phenoxy) is 1. The Bertz CT molecular complexity index is 622. The fourth-order valence-electron chi connectivity index (χ4n) is 1.40. The van der Waals surface area contributed by atoms with E-state index in [2.05, 4.69) is 15.9 Å². The Morgan fingerprint density at radius 2 is 2.16 bits per heavy atom. The lowest BCUT2D eigenvalue weighted by atomic mass is 10.3. The quantitative estimate of drug-likeness (QED) is 0.478. The lowest BCUT2D eigenvalue weighted by Crippen LogP contribution is -1.96. The molecule has 0 saturated carbocycles. The van der Waals surface area contributed by atoms with Crippen LogP contribution in [0.5, 0.6) is 5.75 Å². The molecule has 0 atom stereocenters. The maximum Gasteiger partial charge on any atom is 0.273 e. The van der Waals surface area contributed by atoms with Crippen LogP contribution >= 0.6 is 15.9 Å². The summed E-state index contributed by atoms with van der Waals surface area (Å²) in [6.45, 7) is 0.0770. The molecule has 1 aromatic carbocycles. The van der Waals surface area contributed by atoms with Crippen molar-refractivity contribution in [3.8, 4) is 5.75 Å². The predicted molar refractivity (Wildman–Crippen MR) is 69.2 cm³/mol. The average molecular weight is 326 g/mol. The average Bonchev–Trinajstić information content (AvgIpc) is 2.85. The van der Waals surface area contributed by atoms with Crippen LogP contribution in [0.4, 0.5) is 5.69 Å². The molecular weight excluding hydrogens is 318 g/mol. The number of aldehydes is 1. The van der Waals surface area contributed by atoms with E-state index < -0.39 is 4.92 Å². The third-order valence-electron chi connectivity index (χ3n) is 2.29. The van der Waals surface area contributed by atoms with Crippen molar-refractivity contribution in [1.82, 2.24) is 0 Å². The number of nitrogens with zero attached hydrogens (tertiary/aromatic N) is 1. The summed E-state index contributed by atoms with van der Waals surface area (Å²) in [6.07, 6.45) is 0.590. The summed E-state index contributed by atoms with van der Waals surface area (Å²) in [4.78, 5) is 20.6. The van der Waals surface area contributed by atoms with Gasteiger partial charge in [0.1, 0.15) is 18.1 Å². The van der Waals surface area contributed by atoms with E-state index in [-0.39, 0.29) is 18.1 Å². The van der Waals surface area contributed by atoms with Crippen LogP contribution in [0.2, 0.25) is 0 Å². The van der Waals surface area contributed by atoms with Crippen molar-refractivity contribution in [1.29, 1.82) is 0 Å². The number of nitro benzene ring substituents is 1. The number of non-ortho nitro benzene ring substituents is 1. The Morgan fingerprint density at radius 3 is 2.79 bits per heavy atom. The minimum atomic E-state index is -0.503. The first-order valence-corrected chi connectivity index (χ1v) is 6.00. The van der Waals surface area contributed by atoms with Crippen molar-refractivity contribution < 1.29 is 18.9 Å². The molecular formula is C12H8BrNO5. The van der Waals surface area contributed by atoms with E-state index >= 15 is 0 Å². The van der Waals surface area contributed by atoms with Gasteiger partial charge < -0.3 is 9.15 Å². The summed E-state index contributed by atoms with van der Waals surface area (Å²) in [5, 5.41) is 10.7. The molecule has 0 aliphatic heterocycles. The molecule has 0 bridgehead atoms. The number of hydrogen-bond donors (Lipinski definition) is 0. The standard InChI is InChI=1S/C12H8BrNO5/c13-11-4-1-8(14(16)17)5-12(11)18-7-10-3-2-9(6-15)19-10/h1-6H,7H2. The molecule has 0 N–H and O–H groups in total. The van der Waals surface area contributed by atoms with E-state index in [1.807, 2.05) is 0 Å². The summed E-state index contributed by atoms with van der Waals surface area (Å²) in [5.41, 5.74) is -0.0637. The lowest BCUT2D eigenvalue weighted by molar-refractivity contribution is -0.385. The van der Waals surface area contributed by atoms with E-state index in [0.29, 0.717) is 22.3 Å². The largest absolute Gasteiger partial charge is 0.484 e. The Balaban J connectivity index is 2.12. The monoisotopic (exact) mass is 325 g/mol. The Labute approximate surface area is 116 Å². The summed E-state index contributed by atoms with van der Waals surface area (Å²) >= 11 is 3.24. The highest BCUT2D eigenvalue weighted by Gasteiger charge is 2.11. The number of benzene rings is 1. The molecule has 0 fully saturated rings. The molecule has 1 aromatic heterocycles. The molecule has 7 heteroatoms. The van der Waals surface area contributed by atoms with Crippen LogP contribution in [-0.2, 0) is 6.61 Å². The van der Waals surface area contributed by atoms with Crippen molar-refractivity contribution in [2.24, 2.45) is 0 Å². The molecule has 2 rings (SSSR count). The molecule has 0 aliphatic carbocycles. The molecule has 2 aromatic rings. The minimum Gasteiger partial charge on any atom is -0.484 e. The van der Waals surface area contributed by atoms with Crippen molar-refractivity contribution in [3.05, 3.63) is 56.4 Å². The Hall–Kier alpha value is -2.15. The second kappa shape index (κ2) is 5.66. The van der Waals surface area contributed by atoms with Crippen molar-refractivity contribution >= 4 is 27.9 Å². The highest BCUT2D eigenvalue weighted by molar-refractivity contribution is 9.10. The summed E-state index contributed by atoms with van der Waals surface area (Å²) < 4.78 is 11.1. The van der Waals surface area contributed by atoms with Crippen LogP contribution in [0.15, 0.2) is 39.2 Å². The SMILES string of the molecule is O=Cc1ccc(COc2cc([N+](=O)[O-])ccc2Br)o1. The van der Waals surface area contributed by atoms with Crippen molar-refractivity contribution in [2.75, 3.05) is 0 Å². The topological polar surface area (TPSA) is 82.6 Å². The smallest absolute Gasteiger partial charge is 0.273 e. The van der Waals surface area contributed by atoms with Crippen LogP contribution in [-0.4, -0.2) is 11.2 Å². The van der Waals surface area contributed by atoms with Gasteiger partial charge in [-0.3, -0.25) is 14.9 Å². The maximum absolute atomic E-state index is 10.7. The number of halogens is 1. The van der Waals surface area contributed by atoms with Gasteiger partial charge in [-0.1, -0.05) is 0 Å². The second-order valence-corrected chi connectivity index (χ2v) is 4.44. The van der Waals surface area contributed by atoms with Gasteiger partial charge in [0.25, 0.3) is 5.69 Å². The normalized spacial score (nSPS) is 10.2. The van der Waals surface area contributed by atoms with E-state index in [9.17, 15) is 14.9 Å². The molecule has 19 heavy (non-hydrogen) atoms. The Morgan fingerprint density at radius 1 is 1.37 bits per heavy atom. The molecule has 0 amide bonds. The van der Waals surface area contributed by atoms with Gasteiger partial charge in [0.05, 0.1) is 15.5 Å². The van der Waals surface area contributed by atoms with Gasteiger partial charge in [-0.2, -0.15) is 0 Å². The summed E-state index contributed by atoms with van der Waals surface area (Å²) in [5.74, 6) is 0.996. The molecule has 0 spiro atoms. The number of furan rings is 1. The number of hydrogen-bond acceptors (Lipinski definition) is 5. The number of nitro groups is 1. The highest BCUT2D eigenvalue weighted by atomic mass is 79.9. The molecule has 0 unspecified atom stereocenters. The lowest BCUT2D eigenvalue weighted by Gasteiger charge is -2.06. The second-order valence-electron chi connectivity index (χ2n) is 3.58. The predicted octanol–water partition coefficient (Wildman–Crippen LogP) is 3.34. The fraction of sp³-hybridized carbons (Fsp3) is 0.0833. The molecule has 0 saturated heterocycles. The highest BCUT2D eigenvalue weighted by Crippen LogP contribution is 2.29. The molecule has 6 nitrogen and oxygen atoms in total.